The predicted octanol–water partition coefficient (Wildman–Crippen LogP) is 4.71. The molecule has 0 aliphatic heterocycles. The minimum Gasteiger partial charge on any atom is -0.449 e. The highest BCUT2D eigenvalue weighted by Gasteiger charge is 2.09. The first-order valence-corrected chi connectivity index (χ1v) is 7.37. The summed E-state index contributed by atoms with van der Waals surface area (Å²) in [5, 5.41) is 0. The van der Waals surface area contributed by atoms with Crippen LogP contribution in [0.25, 0.3) is 0 Å². The van der Waals surface area contributed by atoms with Crippen LogP contribution in [0.3, 0.4) is 0 Å². The molecule has 0 aliphatic carbocycles. The lowest BCUT2D eigenvalue weighted by molar-refractivity contribution is 0.0994. The number of rotatable bonds is 7. The predicted molar refractivity (Wildman–Crippen MR) is 78.9 cm³/mol. The van der Waals surface area contributed by atoms with Gasteiger partial charge in [-0.1, -0.05) is 60.3 Å². The molecule has 1 amide bonds. The van der Waals surface area contributed by atoms with Gasteiger partial charge in [0.05, 0.1) is 6.61 Å². The van der Waals surface area contributed by atoms with E-state index in [0.717, 1.165) is 13.0 Å². The van der Waals surface area contributed by atoms with Gasteiger partial charge in [0.2, 0.25) is 0 Å². The van der Waals surface area contributed by atoms with Gasteiger partial charge in [0.15, 0.2) is 0 Å². The van der Waals surface area contributed by atoms with Gasteiger partial charge >= 0.3 is 6.09 Å². The highest BCUT2D eigenvalue weighted by atomic mass is 16.6. The van der Waals surface area contributed by atoms with Crippen LogP contribution in [-0.4, -0.2) is 31.2 Å². The monoisotopic (exact) mass is 259 g/mol. The zero-order valence-corrected chi connectivity index (χ0v) is 13.3. The molecule has 0 heterocycles. The summed E-state index contributed by atoms with van der Waals surface area (Å²) in [5.74, 6) is 0.405. The molecule has 0 unspecified atom stereocenters. The minimum atomic E-state index is -0.194. The molecule has 0 aromatic heterocycles. The minimum absolute atomic E-state index is 0.194. The van der Waals surface area contributed by atoms with Crippen LogP contribution in [0.2, 0.25) is 0 Å². The van der Waals surface area contributed by atoms with Crippen molar-refractivity contribution in [2.75, 3.05) is 20.2 Å². The van der Waals surface area contributed by atoms with Gasteiger partial charge in [0, 0.05) is 13.6 Å². The fraction of sp³-hybridized carbons (Fsp3) is 0.933. The third-order valence-electron chi connectivity index (χ3n) is 2.20. The van der Waals surface area contributed by atoms with Crippen molar-refractivity contribution in [3.63, 3.8) is 0 Å². The van der Waals surface area contributed by atoms with Crippen LogP contribution < -0.4 is 0 Å². The third kappa shape index (κ3) is 15.3. The second kappa shape index (κ2) is 14.3. The Hall–Kier alpha value is -0.730. The van der Waals surface area contributed by atoms with Gasteiger partial charge in [-0.3, -0.25) is 0 Å². The average molecular weight is 259 g/mol. The average Bonchev–Trinajstić information content (AvgIpc) is 2.32. The van der Waals surface area contributed by atoms with Crippen molar-refractivity contribution in [2.24, 2.45) is 5.92 Å². The molecule has 0 aromatic rings. The topological polar surface area (TPSA) is 29.5 Å². The standard InChI is InChI=1S/C12H25NO2.C3H8/c1-5-6-7-8-9-13(4)12(14)15-10-11(2)3;1-3-2/h11H,5-10H2,1-4H3;3H2,1-2H3. The molecule has 0 saturated heterocycles. The number of ether oxygens (including phenoxy) is 1. The number of nitrogens with zero attached hydrogens (tertiary/aromatic N) is 1. The van der Waals surface area contributed by atoms with Gasteiger partial charge in [0.25, 0.3) is 0 Å². The van der Waals surface area contributed by atoms with Crippen molar-refractivity contribution in [2.45, 2.75) is 66.7 Å². The van der Waals surface area contributed by atoms with E-state index >= 15 is 0 Å². The lowest BCUT2D eigenvalue weighted by atomic mass is 10.2. The molecule has 18 heavy (non-hydrogen) atoms. The molecular weight excluding hydrogens is 226 g/mol. The molecule has 0 bridgehead atoms. The van der Waals surface area contributed by atoms with E-state index in [9.17, 15) is 4.79 Å². The molecule has 0 atom stereocenters. The Bertz CT molecular complexity index is 181. The number of carbonyl (C=O) groups is 1. The van der Waals surface area contributed by atoms with E-state index in [4.69, 9.17) is 4.74 Å². The molecule has 0 fully saturated rings. The number of hydrogen-bond acceptors (Lipinski definition) is 2. The van der Waals surface area contributed by atoms with Crippen LogP contribution in [0.1, 0.15) is 66.7 Å². The maximum absolute atomic E-state index is 11.4. The second-order valence-corrected chi connectivity index (χ2v) is 5.16. The maximum Gasteiger partial charge on any atom is 0.409 e. The van der Waals surface area contributed by atoms with Crippen LogP contribution in [0.15, 0.2) is 0 Å². The fourth-order valence-corrected chi connectivity index (χ4v) is 1.22. The SMILES string of the molecule is CCC.CCCCCCN(C)C(=O)OCC(C)C. The van der Waals surface area contributed by atoms with Crippen molar-refractivity contribution >= 4 is 6.09 Å². The molecule has 0 aromatic carbocycles. The molecule has 0 spiro atoms. The number of amides is 1. The molecule has 0 radical (unpaired) electrons. The highest BCUT2D eigenvalue weighted by molar-refractivity contribution is 5.67. The van der Waals surface area contributed by atoms with E-state index in [-0.39, 0.29) is 6.09 Å². The number of unbranched alkanes of at least 4 members (excludes halogenated alkanes) is 3. The Balaban J connectivity index is 0. The summed E-state index contributed by atoms with van der Waals surface area (Å²) in [6.07, 6.45) is 5.79. The normalized spacial score (nSPS) is 9.72. The van der Waals surface area contributed by atoms with Gasteiger partial charge in [-0.2, -0.15) is 0 Å². The summed E-state index contributed by atoms with van der Waals surface area (Å²) in [7, 11) is 1.80. The van der Waals surface area contributed by atoms with E-state index < -0.39 is 0 Å². The molecule has 110 valence electrons. The second-order valence-electron chi connectivity index (χ2n) is 5.16. The summed E-state index contributed by atoms with van der Waals surface area (Å²) in [4.78, 5) is 13.1. The molecule has 0 saturated carbocycles. The lowest BCUT2D eigenvalue weighted by Gasteiger charge is -2.17. The summed E-state index contributed by atoms with van der Waals surface area (Å²) in [6.45, 7) is 11.8. The van der Waals surface area contributed by atoms with Crippen LogP contribution >= 0.6 is 0 Å². The van der Waals surface area contributed by atoms with Crippen molar-refractivity contribution in [3.8, 4) is 0 Å². The molecule has 3 heteroatoms. The van der Waals surface area contributed by atoms with E-state index in [1.54, 1.807) is 11.9 Å². The first kappa shape index (κ1) is 19.6. The van der Waals surface area contributed by atoms with E-state index in [0.29, 0.717) is 12.5 Å². The van der Waals surface area contributed by atoms with Crippen molar-refractivity contribution in [1.82, 2.24) is 4.90 Å². The Kier molecular flexibility index (Phi) is 15.6. The molecular formula is C15H33NO2. The van der Waals surface area contributed by atoms with E-state index in [1.807, 2.05) is 13.8 Å². The van der Waals surface area contributed by atoms with Crippen LogP contribution in [0.4, 0.5) is 4.79 Å². The van der Waals surface area contributed by atoms with Gasteiger partial charge in [-0.25, -0.2) is 4.79 Å². The first-order valence-electron chi connectivity index (χ1n) is 7.37. The molecule has 0 N–H and O–H groups in total. The summed E-state index contributed by atoms with van der Waals surface area (Å²) in [6, 6.07) is 0. The van der Waals surface area contributed by atoms with Crippen LogP contribution in [0, 0.1) is 5.92 Å². The summed E-state index contributed by atoms with van der Waals surface area (Å²) in [5.41, 5.74) is 0. The third-order valence-corrected chi connectivity index (χ3v) is 2.20. The number of hydrogen-bond donors (Lipinski definition) is 0. The summed E-state index contributed by atoms with van der Waals surface area (Å²) < 4.78 is 5.11. The largest absolute Gasteiger partial charge is 0.449 e. The van der Waals surface area contributed by atoms with Gasteiger partial charge < -0.3 is 9.64 Å². The zero-order valence-electron chi connectivity index (χ0n) is 13.3. The van der Waals surface area contributed by atoms with Crippen molar-refractivity contribution in [1.29, 1.82) is 0 Å². The van der Waals surface area contributed by atoms with Gasteiger partial charge in [-0.15, -0.1) is 0 Å². The molecule has 0 rings (SSSR count). The Morgan fingerprint density at radius 1 is 1.11 bits per heavy atom. The van der Waals surface area contributed by atoms with E-state index in [1.165, 1.54) is 25.7 Å². The Morgan fingerprint density at radius 3 is 2.11 bits per heavy atom. The smallest absolute Gasteiger partial charge is 0.409 e. The Labute approximate surface area is 114 Å². The Morgan fingerprint density at radius 2 is 1.67 bits per heavy atom. The van der Waals surface area contributed by atoms with Crippen LogP contribution in [-0.2, 0) is 4.74 Å². The quantitative estimate of drug-likeness (QED) is 0.620. The highest BCUT2D eigenvalue weighted by Crippen LogP contribution is 2.02. The fourth-order valence-electron chi connectivity index (χ4n) is 1.22. The van der Waals surface area contributed by atoms with Crippen molar-refractivity contribution < 1.29 is 9.53 Å². The lowest BCUT2D eigenvalue weighted by Crippen LogP contribution is -2.29. The van der Waals surface area contributed by atoms with E-state index in [2.05, 4.69) is 20.8 Å². The van der Waals surface area contributed by atoms with Crippen LogP contribution in [0.5, 0.6) is 0 Å². The zero-order chi connectivity index (χ0) is 14.4. The number of carbonyl (C=O) groups excluding carboxylic acids is 1. The maximum atomic E-state index is 11.4. The van der Waals surface area contributed by atoms with Gasteiger partial charge in [0.1, 0.15) is 0 Å². The molecule has 3 nitrogen and oxygen atoms in total. The van der Waals surface area contributed by atoms with Gasteiger partial charge in [-0.05, 0) is 12.3 Å². The van der Waals surface area contributed by atoms with Crippen molar-refractivity contribution in [3.05, 3.63) is 0 Å². The molecule has 0 aliphatic rings. The first-order chi connectivity index (χ1) is 8.49. The summed E-state index contributed by atoms with van der Waals surface area (Å²) >= 11 is 0.